The number of aliphatic hydroxyl groups excluding tert-OH is 1. The lowest BCUT2D eigenvalue weighted by atomic mass is 10.0. The highest BCUT2D eigenvalue weighted by molar-refractivity contribution is 6.32. The van der Waals surface area contributed by atoms with Crippen LogP contribution >= 0.6 is 11.6 Å². The second-order valence-electron chi connectivity index (χ2n) is 3.70. The SMILES string of the molecule is COC(=O)C(O)c1c(Cl)c(C)cc(C)c1OC. The summed E-state index contributed by atoms with van der Waals surface area (Å²) < 4.78 is 9.67. The molecule has 1 aromatic carbocycles. The third-order valence-corrected chi connectivity index (χ3v) is 3.02. The van der Waals surface area contributed by atoms with Crippen molar-refractivity contribution in [1.82, 2.24) is 0 Å². The fourth-order valence-corrected chi connectivity index (χ4v) is 1.97. The van der Waals surface area contributed by atoms with Crippen molar-refractivity contribution in [2.45, 2.75) is 20.0 Å². The van der Waals surface area contributed by atoms with Crippen LogP contribution in [-0.4, -0.2) is 25.3 Å². The summed E-state index contributed by atoms with van der Waals surface area (Å²) in [4.78, 5) is 11.4. The van der Waals surface area contributed by atoms with E-state index >= 15 is 0 Å². The fourth-order valence-electron chi connectivity index (χ4n) is 1.72. The Bertz CT molecular complexity index is 443. The Kier molecular flexibility index (Phi) is 4.37. The van der Waals surface area contributed by atoms with E-state index in [2.05, 4.69) is 4.74 Å². The molecule has 0 spiro atoms. The first-order valence-electron chi connectivity index (χ1n) is 5.03. The molecule has 1 unspecified atom stereocenters. The average Bonchev–Trinajstić information content (AvgIpc) is 2.31. The van der Waals surface area contributed by atoms with E-state index in [1.165, 1.54) is 14.2 Å². The molecule has 0 heterocycles. The predicted molar refractivity (Wildman–Crippen MR) is 64.5 cm³/mol. The van der Waals surface area contributed by atoms with Crippen LogP contribution in [0.5, 0.6) is 5.75 Å². The highest BCUT2D eigenvalue weighted by Gasteiger charge is 2.27. The van der Waals surface area contributed by atoms with Crippen LogP contribution < -0.4 is 4.74 Å². The van der Waals surface area contributed by atoms with Gasteiger partial charge in [0.05, 0.1) is 24.8 Å². The molecule has 1 atom stereocenters. The van der Waals surface area contributed by atoms with Crippen LogP contribution in [0.1, 0.15) is 22.8 Å². The maximum absolute atomic E-state index is 11.4. The standard InChI is InChI=1S/C12H15ClO4/c1-6-5-7(2)11(16-3)8(9(6)13)10(14)12(15)17-4/h5,10,14H,1-4H3. The number of rotatable bonds is 3. The minimum atomic E-state index is -1.44. The van der Waals surface area contributed by atoms with E-state index in [1.807, 2.05) is 13.0 Å². The fraction of sp³-hybridized carbons (Fsp3) is 0.417. The van der Waals surface area contributed by atoms with Crippen LogP contribution in [0.3, 0.4) is 0 Å². The molecule has 0 saturated heterocycles. The van der Waals surface area contributed by atoms with Gasteiger partial charge < -0.3 is 14.6 Å². The topological polar surface area (TPSA) is 55.8 Å². The molecular weight excluding hydrogens is 244 g/mol. The molecule has 1 aromatic rings. The number of aryl methyl sites for hydroxylation is 2. The zero-order valence-corrected chi connectivity index (χ0v) is 11.0. The van der Waals surface area contributed by atoms with Gasteiger partial charge >= 0.3 is 5.97 Å². The first kappa shape index (κ1) is 13.8. The van der Waals surface area contributed by atoms with E-state index in [-0.39, 0.29) is 5.56 Å². The van der Waals surface area contributed by atoms with E-state index in [0.717, 1.165) is 11.1 Å². The number of benzene rings is 1. The van der Waals surface area contributed by atoms with Crippen molar-refractivity contribution in [2.75, 3.05) is 14.2 Å². The van der Waals surface area contributed by atoms with E-state index in [9.17, 15) is 9.90 Å². The predicted octanol–water partition coefficient (Wildman–Crippen LogP) is 2.17. The number of hydrogen-bond acceptors (Lipinski definition) is 4. The highest BCUT2D eigenvalue weighted by Crippen LogP contribution is 2.37. The molecule has 0 amide bonds. The third kappa shape index (κ3) is 2.53. The van der Waals surface area contributed by atoms with Crippen LogP contribution in [-0.2, 0) is 9.53 Å². The Hall–Kier alpha value is -1.26. The summed E-state index contributed by atoms with van der Waals surface area (Å²) in [7, 11) is 2.66. The second kappa shape index (κ2) is 5.38. The lowest BCUT2D eigenvalue weighted by molar-refractivity contribution is -0.150. The molecule has 0 saturated carbocycles. The number of halogens is 1. The lowest BCUT2D eigenvalue weighted by Crippen LogP contribution is -2.15. The minimum Gasteiger partial charge on any atom is -0.496 e. The zero-order chi connectivity index (χ0) is 13.2. The maximum Gasteiger partial charge on any atom is 0.339 e. The summed E-state index contributed by atoms with van der Waals surface area (Å²) >= 11 is 6.10. The van der Waals surface area contributed by atoms with Crippen molar-refractivity contribution in [3.8, 4) is 5.75 Å². The number of aliphatic hydroxyl groups is 1. The minimum absolute atomic E-state index is 0.249. The normalized spacial score (nSPS) is 12.1. The molecule has 0 radical (unpaired) electrons. The first-order chi connectivity index (χ1) is 7.93. The molecule has 1 rings (SSSR count). The Labute approximate surface area is 105 Å². The number of esters is 1. The summed E-state index contributed by atoms with van der Waals surface area (Å²) in [6.45, 7) is 3.61. The number of carbonyl (C=O) groups is 1. The maximum atomic E-state index is 11.4. The Morgan fingerprint density at radius 3 is 2.41 bits per heavy atom. The van der Waals surface area contributed by atoms with Gasteiger partial charge in [0, 0.05) is 0 Å². The Balaban J connectivity index is 3.44. The number of hydrogen-bond donors (Lipinski definition) is 1. The van der Waals surface area contributed by atoms with Crippen molar-refractivity contribution in [3.05, 3.63) is 27.8 Å². The van der Waals surface area contributed by atoms with Gasteiger partial charge in [0.1, 0.15) is 5.75 Å². The van der Waals surface area contributed by atoms with Gasteiger partial charge in [-0.05, 0) is 25.0 Å². The van der Waals surface area contributed by atoms with Crippen molar-refractivity contribution < 1.29 is 19.4 Å². The highest BCUT2D eigenvalue weighted by atomic mass is 35.5. The molecule has 5 heteroatoms. The van der Waals surface area contributed by atoms with Gasteiger partial charge in [-0.25, -0.2) is 4.79 Å². The van der Waals surface area contributed by atoms with Crippen LogP contribution in [0, 0.1) is 13.8 Å². The van der Waals surface area contributed by atoms with Gasteiger partial charge in [-0.1, -0.05) is 17.7 Å². The van der Waals surface area contributed by atoms with E-state index in [1.54, 1.807) is 6.92 Å². The van der Waals surface area contributed by atoms with Crippen LogP contribution in [0.4, 0.5) is 0 Å². The first-order valence-corrected chi connectivity index (χ1v) is 5.41. The van der Waals surface area contributed by atoms with Gasteiger partial charge in [-0.15, -0.1) is 0 Å². The molecule has 94 valence electrons. The van der Waals surface area contributed by atoms with Crippen molar-refractivity contribution in [3.63, 3.8) is 0 Å². The van der Waals surface area contributed by atoms with E-state index < -0.39 is 12.1 Å². The largest absolute Gasteiger partial charge is 0.496 e. The lowest BCUT2D eigenvalue weighted by Gasteiger charge is -2.18. The monoisotopic (exact) mass is 258 g/mol. The van der Waals surface area contributed by atoms with Crippen LogP contribution in [0.2, 0.25) is 5.02 Å². The number of methoxy groups -OCH3 is 2. The quantitative estimate of drug-likeness (QED) is 0.845. The summed E-state index contributed by atoms with van der Waals surface area (Å²) in [5, 5.41) is 10.2. The summed E-state index contributed by atoms with van der Waals surface area (Å²) in [5.74, 6) is -0.367. The zero-order valence-electron chi connectivity index (χ0n) is 10.2. The second-order valence-corrected chi connectivity index (χ2v) is 4.07. The molecule has 17 heavy (non-hydrogen) atoms. The van der Waals surface area contributed by atoms with Crippen molar-refractivity contribution >= 4 is 17.6 Å². The molecule has 0 fully saturated rings. The van der Waals surface area contributed by atoms with Gasteiger partial charge in [0.25, 0.3) is 0 Å². The van der Waals surface area contributed by atoms with Gasteiger partial charge in [0.15, 0.2) is 6.10 Å². The van der Waals surface area contributed by atoms with Gasteiger partial charge in [0.2, 0.25) is 0 Å². The van der Waals surface area contributed by atoms with E-state index in [4.69, 9.17) is 16.3 Å². The molecular formula is C12H15ClO4. The molecule has 0 aromatic heterocycles. The van der Waals surface area contributed by atoms with Crippen LogP contribution in [0.15, 0.2) is 6.07 Å². The Morgan fingerprint density at radius 2 is 1.94 bits per heavy atom. The average molecular weight is 259 g/mol. The molecule has 1 N–H and O–H groups in total. The summed E-state index contributed by atoms with van der Waals surface area (Å²) in [6, 6.07) is 1.83. The van der Waals surface area contributed by atoms with Crippen molar-refractivity contribution in [1.29, 1.82) is 0 Å². The smallest absolute Gasteiger partial charge is 0.339 e. The number of ether oxygens (including phenoxy) is 2. The third-order valence-electron chi connectivity index (χ3n) is 2.52. The summed E-state index contributed by atoms with van der Waals surface area (Å²) in [5.41, 5.74) is 1.81. The van der Waals surface area contributed by atoms with Crippen LogP contribution in [0.25, 0.3) is 0 Å². The number of carbonyl (C=O) groups excluding carboxylic acids is 1. The van der Waals surface area contributed by atoms with Crippen molar-refractivity contribution in [2.24, 2.45) is 0 Å². The molecule has 0 aliphatic carbocycles. The Morgan fingerprint density at radius 1 is 1.35 bits per heavy atom. The summed E-state index contributed by atoms with van der Waals surface area (Å²) in [6.07, 6.45) is -1.44. The molecule has 0 aliphatic rings. The molecule has 0 aliphatic heterocycles. The molecule has 0 bridgehead atoms. The molecule has 4 nitrogen and oxygen atoms in total. The van der Waals surface area contributed by atoms with Gasteiger partial charge in [-0.2, -0.15) is 0 Å². The van der Waals surface area contributed by atoms with E-state index in [0.29, 0.717) is 10.8 Å². The van der Waals surface area contributed by atoms with Gasteiger partial charge in [-0.3, -0.25) is 0 Å².